The van der Waals surface area contributed by atoms with E-state index in [0.29, 0.717) is 22.8 Å². The Hall–Kier alpha value is -5.82. The number of fused-ring (bicyclic) bond motifs is 8. The van der Waals surface area contributed by atoms with Crippen LogP contribution in [-0.4, -0.2) is 28.4 Å². The zero-order valence-electron chi connectivity index (χ0n) is 26.5. The summed E-state index contributed by atoms with van der Waals surface area (Å²) in [4.78, 5) is 10.0. The van der Waals surface area contributed by atoms with Gasteiger partial charge in [-0.25, -0.2) is 4.98 Å². The molecule has 0 fully saturated rings. The number of benzene rings is 4. The molecular weight excluding hydrogens is 582 g/mol. The van der Waals surface area contributed by atoms with E-state index in [-0.39, 0.29) is 16.6 Å². The number of ether oxygens (including phenoxy) is 1. The van der Waals surface area contributed by atoms with Crippen LogP contribution >= 0.6 is 0 Å². The van der Waals surface area contributed by atoms with Crippen LogP contribution in [-0.2, 0) is 10.8 Å². The van der Waals surface area contributed by atoms with Gasteiger partial charge in [0.2, 0.25) is 5.88 Å². The van der Waals surface area contributed by atoms with Crippen LogP contribution in [0.25, 0.3) is 60.7 Å². The number of hydrogen-bond donors (Lipinski definition) is 1. The average Bonchev–Trinajstić information content (AvgIpc) is 3.72. The molecule has 0 saturated heterocycles. The predicted molar refractivity (Wildman–Crippen MR) is 188 cm³/mol. The first kappa shape index (κ1) is 26.4. The van der Waals surface area contributed by atoms with Gasteiger partial charge < -0.3 is 14.2 Å². The van der Waals surface area contributed by atoms with E-state index >= 15 is 0 Å². The van der Waals surface area contributed by atoms with Gasteiger partial charge in [0.1, 0.15) is 16.9 Å². The average molecular weight is 614 g/mol. The number of hydrogen-bond acceptors (Lipinski definition) is 4. The van der Waals surface area contributed by atoms with E-state index in [9.17, 15) is 5.11 Å². The zero-order chi connectivity index (χ0) is 31.8. The normalized spacial score (nSPS) is 15.2. The van der Waals surface area contributed by atoms with Gasteiger partial charge in [-0.15, -0.1) is 0 Å². The Morgan fingerprint density at radius 2 is 1.36 bits per heavy atom. The fourth-order valence-electron chi connectivity index (χ4n) is 8.01. The molecule has 1 N–H and O–H groups in total. The quantitative estimate of drug-likeness (QED) is 0.216. The highest BCUT2D eigenvalue weighted by atomic mass is 16.5. The van der Waals surface area contributed by atoms with Crippen LogP contribution in [0.2, 0.25) is 0 Å². The van der Waals surface area contributed by atoms with Crippen molar-refractivity contribution in [1.82, 2.24) is 23.3 Å². The van der Waals surface area contributed by atoms with Crippen LogP contribution in [0.1, 0.15) is 39.0 Å². The summed E-state index contributed by atoms with van der Waals surface area (Å²) in [6.07, 6.45) is 1.84. The standard InChI is InChI=1S/C40H31N5O2/c1-39(2)28-17-10-20-31-32(28)45-35(40(39,3)4)38(42-37(45)33-34(46)27-15-6-8-19-30(27)44(31)33)47-24-13-9-12-23(22-24)43-29-18-7-5-14-25(29)26-16-11-21-41-36(26)43/h5-22,46H,1-4H3. The van der Waals surface area contributed by atoms with Crippen LogP contribution in [0.5, 0.6) is 17.4 Å². The lowest BCUT2D eigenvalue weighted by Crippen LogP contribution is -2.44. The first-order valence-corrected chi connectivity index (χ1v) is 16.0. The molecule has 10 rings (SSSR count). The lowest BCUT2D eigenvalue weighted by molar-refractivity contribution is 0.278. The highest BCUT2D eigenvalue weighted by Gasteiger charge is 2.49. The molecule has 47 heavy (non-hydrogen) atoms. The van der Waals surface area contributed by atoms with Gasteiger partial charge in [-0.2, -0.15) is 4.98 Å². The second-order valence-electron chi connectivity index (χ2n) is 13.7. The molecule has 0 aliphatic carbocycles. The minimum Gasteiger partial charge on any atom is -0.505 e. The van der Waals surface area contributed by atoms with Gasteiger partial charge in [-0.1, -0.05) is 76.2 Å². The van der Waals surface area contributed by atoms with Gasteiger partial charge in [0.25, 0.3) is 0 Å². The smallest absolute Gasteiger partial charge is 0.242 e. The maximum Gasteiger partial charge on any atom is 0.242 e. The number of nitrogens with zero attached hydrogens (tertiary/aromatic N) is 5. The SMILES string of the molecule is CC1(C)c2cccc3c2n2c(c(Oc4cccc(-n5c6ccccc6c6cccnc65)c4)nc2c2c(O)c4ccccc4n32)C1(C)C. The second-order valence-corrected chi connectivity index (χ2v) is 13.7. The Morgan fingerprint density at radius 1 is 0.638 bits per heavy atom. The van der Waals surface area contributed by atoms with E-state index in [1.165, 1.54) is 5.56 Å². The molecule has 0 saturated carbocycles. The topological polar surface area (TPSA) is 69.0 Å². The van der Waals surface area contributed by atoms with Crippen molar-refractivity contribution in [3.63, 3.8) is 0 Å². The third kappa shape index (κ3) is 3.16. The Balaban J connectivity index is 1.26. The number of rotatable bonds is 3. The molecule has 9 aromatic rings. The zero-order valence-corrected chi connectivity index (χ0v) is 26.5. The van der Waals surface area contributed by atoms with Crippen LogP contribution in [0.3, 0.4) is 0 Å². The predicted octanol–water partition coefficient (Wildman–Crippen LogP) is 9.45. The van der Waals surface area contributed by atoms with Gasteiger partial charge in [0.15, 0.2) is 11.4 Å². The first-order valence-electron chi connectivity index (χ1n) is 16.0. The molecule has 0 radical (unpaired) electrons. The summed E-state index contributed by atoms with van der Waals surface area (Å²) in [6.45, 7) is 9.15. The molecule has 5 aromatic heterocycles. The molecule has 4 aromatic carbocycles. The lowest BCUT2D eigenvalue weighted by Gasteiger charge is -2.45. The van der Waals surface area contributed by atoms with Crippen LogP contribution in [0.4, 0.5) is 0 Å². The molecule has 0 atom stereocenters. The lowest BCUT2D eigenvalue weighted by atomic mass is 9.61. The monoisotopic (exact) mass is 613 g/mol. The highest BCUT2D eigenvalue weighted by molar-refractivity contribution is 6.08. The summed E-state index contributed by atoms with van der Waals surface area (Å²) >= 11 is 0. The van der Waals surface area contributed by atoms with Crippen molar-refractivity contribution in [3.05, 3.63) is 121 Å². The third-order valence-corrected chi connectivity index (χ3v) is 10.9. The van der Waals surface area contributed by atoms with E-state index in [1.807, 2.05) is 42.6 Å². The van der Waals surface area contributed by atoms with E-state index in [1.54, 1.807) is 0 Å². The molecule has 0 spiro atoms. The molecule has 7 heteroatoms. The molecular formula is C40H31N5O2. The van der Waals surface area contributed by atoms with Crippen molar-refractivity contribution in [3.8, 4) is 23.1 Å². The van der Waals surface area contributed by atoms with Crippen molar-refractivity contribution in [2.75, 3.05) is 0 Å². The van der Waals surface area contributed by atoms with Crippen molar-refractivity contribution < 1.29 is 9.84 Å². The molecule has 228 valence electrons. The molecule has 6 heterocycles. The summed E-state index contributed by atoms with van der Waals surface area (Å²) in [6, 6.07) is 35.1. The van der Waals surface area contributed by atoms with Crippen molar-refractivity contribution in [2.24, 2.45) is 0 Å². The summed E-state index contributed by atoms with van der Waals surface area (Å²) in [5.41, 5.74) is 8.92. The molecule has 0 amide bonds. The Morgan fingerprint density at radius 3 is 2.21 bits per heavy atom. The van der Waals surface area contributed by atoms with Crippen LogP contribution < -0.4 is 4.74 Å². The summed E-state index contributed by atoms with van der Waals surface area (Å²) in [5, 5.41) is 14.8. The third-order valence-electron chi connectivity index (χ3n) is 10.9. The molecule has 1 aliphatic heterocycles. The van der Waals surface area contributed by atoms with Gasteiger partial charge in [0.05, 0.1) is 33.4 Å². The van der Waals surface area contributed by atoms with Crippen molar-refractivity contribution >= 4 is 55.0 Å². The van der Waals surface area contributed by atoms with Gasteiger partial charge >= 0.3 is 0 Å². The Kier molecular flexibility index (Phi) is 4.89. The molecule has 1 aliphatic rings. The highest BCUT2D eigenvalue weighted by Crippen LogP contribution is 2.54. The first-order chi connectivity index (χ1) is 22.8. The summed E-state index contributed by atoms with van der Waals surface area (Å²) in [7, 11) is 0. The minimum absolute atomic E-state index is 0.222. The van der Waals surface area contributed by atoms with Crippen LogP contribution in [0, 0.1) is 0 Å². The largest absolute Gasteiger partial charge is 0.505 e. The van der Waals surface area contributed by atoms with E-state index in [4.69, 9.17) is 14.7 Å². The van der Waals surface area contributed by atoms with E-state index < -0.39 is 0 Å². The van der Waals surface area contributed by atoms with E-state index in [2.05, 4.69) is 108 Å². The van der Waals surface area contributed by atoms with Crippen molar-refractivity contribution in [2.45, 2.75) is 38.5 Å². The number of pyridine rings is 1. The fourth-order valence-corrected chi connectivity index (χ4v) is 8.01. The maximum absolute atomic E-state index is 11.7. The molecule has 7 nitrogen and oxygen atoms in total. The van der Waals surface area contributed by atoms with Gasteiger partial charge in [-0.05, 0) is 54.1 Å². The minimum atomic E-state index is -0.378. The fraction of sp³-hybridized carbons (Fsp3) is 0.150. The molecule has 0 unspecified atom stereocenters. The number of imidazole rings is 1. The van der Waals surface area contributed by atoms with Gasteiger partial charge in [-0.3, -0.25) is 8.97 Å². The van der Waals surface area contributed by atoms with E-state index in [0.717, 1.165) is 55.3 Å². The number of aromatic nitrogens is 5. The Bertz CT molecular complexity index is 2740. The van der Waals surface area contributed by atoms with Gasteiger partial charge in [0, 0.05) is 39.3 Å². The molecule has 0 bridgehead atoms. The number of para-hydroxylation sites is 3. The van der Waals surface area contributed by atoms with Crippen molar-refractivity contribution in [1.29, 1.82) is 0 Å². The Labute approximate surface area is 269 Å². The number of aromatic hydroxyl groups is 1. The summed E-state index contributed by atoms with van der Waals surface area (Å²) < 4.78 is 13.4. The second kappa shape index (κ2) is 8.70. The summed E-state index contributed by atoms with van der Waals surface area (Å²) in [5.74, 6) is 1.43. The van der Waals surface area contributed by atoms with Crippen LogP contribution in [0.15, 0.2) is 109 Å². The maximum atomic E-state index is 11.7.